The van der Waals surface area contributed by atoms with Crippen LogP contribution in [0.25, 0.3) is 0 Å². The molecule has 1 amide bonds. The second-order valence-electron chi connectivity index (χ2n) is 4.14. The van der Waals surface area contributed by atoms with Crippen LogP contribution in [0.3, 0.4) is 0 Å². The quantitative estimate of drug-likeness (QED) is 0.754. The molecule has 0 aromatic heterocycles. The molecule has 0 bridgehead atoms. The molecule has 0 fully saturated rings. The molecule has 1 aromatic rings. The van der Waals surface area contributed by atoms with Gasteiger partial charge < -0.3 is 15.8 Å². The van der Waals surface area contributed by atoms with Gasteiger partial charge in [-0.2, -0.15) is 0 Å². The lowest BCUT2D eigenvalue weighted by molar-refractivity contribution is -0.122. The molecule has 1 unspecified atom stereocenters. The Labute approximate surface area is 108 Å². The smallest absolute Gasteiger partial charge is 0.237 e. The summed E-state index contributed by atoms with van der Waals surface area (Å²) in [5.74, 6) is 0.592. The third-order valence-corrected chi connectivity index (χ3v) is 2.71. The van der Waals surface area contributed by atoms with Crippen LogP contribution in [0.5, 0.6) is 5.75 Å². The van der Waals surface area contributed by atoms with Crippen molar-refractivity contribution in [2.24, 2.45) is 5.73 Å². The highest BCUT2D eigenvalue weighted by atomic mass is 16.5. The molecule has 0 saturated heterocycles. The van der Waals surface area contributed by atoms with E-state index in [0.29, 0.717) is 6.42 Å². The fraction of sp³-hybridized carbons (Fsp3) is 0.357. The number of hydrogen-bond donors (Lipinski definition) is 2. The maximum atomic E-state index is 11.8. The number of carbonyl (C=O) groups excluding carboxylic acids is 1. The minimum Gasteiger partial charge on any atom is -0.497 e. The molecule has 0 aliphatic rings. The molecule has 18 heavy (non-hydrogen) atoms. The Hall–Kier alpha value is -1.81. The van der Waals surface area contributed by atoms with Gasteiger partial charge >= 0.3 is 0 Å². The number of hydrogen-bond acceptors (Lipinski definition) is 3. The first kappa shape index (κ1) is 14.3. The molecular weight excluding hydrogens is 228 g/mol. The Kier molecular flexibility index (Phi) is 5.39. The van der Waals surface area contributed by atoms with Crippen molar-refractivity contribution in [3.63, 3.8) is 0 Å². The van der Waals surface area contributed by atoms with Gasteiger partial charge in [-0.15, -0.1) is 6.58 Å². The molecule has 4 nitrogen and oxygen atoms in total. The van der Waals surface area contributed by atoms with Crippen LogP contribution < -0.4 is 15.8 Å². The first-order valence-electron chi connectivity index (χ1n) is 5.89. The number of amides is 1. The maximum absolute atomic E-state index is 11.8. The van der Waals surface area contributed by atoms with Crippen molar-refractivity contribution >= 4 is 5.91 Å². The topological polar surface area (TPSA) is 64.4 Å². The maximum Gasteiger partial charge on any atom is 0.237 e. The summed E-state index contributed by atoms with van der Waals surface area (Å²) in [6.45, 7) is 5.48. The lowest BCUT2D eigenvalue weighted by atomic mass is 10.1. The highest BCUT2D eigenvalue weighted by Crippen LogP contribution is 2.18. The number of carbonyl (C=O) groups is 1. The van der Waals surface area contributed by atoms with Crippen LogP contribution in [0.1, 0.15) is 24.9 Å². The van der Waals surface area contributed by atoms with Crippen molar-refractivity contribution in [3.8, 4) is 5.75 Å². The molecule has 0 spiro atoms. The highest BCUT2D eigenvalue weighted by Gasteiger charge is 2.15. The Balaban J connectivity index is 2.66. The number of ether oxygens (including phenoxy) is 1. The van der Waals surface area contributed by atoms with Crippen LogP contribution in [0, 0.1) is 0 Å². The predicted molar refractivity (Wildman–Crippen MR) is 72.3 cm³/mol. The van der Waals surface area contributed by atoms with E-state index in [1.54, 1.807) is 13.2 Å². The van der Waals surface area contributed by atoms with Crippen molar-refractivity contribution in [1.82, 2.24) is 5.32 Å². The van der Waals surface area contributed by atoms with Gasteiger partial charge in [-0.05, 0) is 31.0 Å². The molecule has 1 aromatic carbocycles. The number of nitrogens with two attached hydrogens (primary N) is 1. The third-order valence-electron chi connectivity index (χ3n) is 2.71. The van der Waals surface area contributed by atoms with E-state index in [-0.39, 0.29) is 11.9 Å². The Bertz CT molecular complexity index is 418. The van der Waals surface area contributed by atoms with E-state index >= 15 is 0 Å². The summed E-state index contributed by atoms with van der Waals surface area (Å²) in [5, 5.41) is 2.86. The summed E-state index contributed by atoms with van der Waals surface area (Å²) in [5.41, 5.74) is 6.68. The highest BCUT2D eigenvalue weighted by molar-refractivity contribution is 5.82. The monoisotopic (exact) mass is 248 g/mol. The van der Waals surface area contributed by atoms with Crippen molar-refractivity contribution in [2.45, 2.75) is 25.4 Å². The largest absolute Gasteiger partial charge is 0.497 e. The van der Waals surface area contributed by atoms with Crippen LogP contribution in [-0.2, 0) is 4.79 Å². The summed E-state index contributed by atoms with van der Waals surface area (Å²) < 4.78 is 5.15. The summed E-state index contributed by atoms with van der Waals surface area (Å²) in [6, 6.07) is 6.93. The fourth-order valence-electron chi connectivity index (χ4n) is 1.60. The van der Waals surface area contributed by atoms with Crippen molar-refractivity contribution in [2.75, 3.05) is 7.11 Å². The average molecular weight is 248 g/mol. The van der Waals surface area contributed by atoms with E-state index in [1.165, 1.54) is 0 Å². The number of benzene rings is 1. The lowest BCUT2D eigenvalue weighted by Gasteiger charge is -2.17. The standard InChI is InChI=1S/C14H20N2O2/c1-4-6-13(15)14(17)16-10(2)11-7-5-8-12(9-11)18-3/h4-5,7-10,13H,1,6,15H2,2-3H3,(H,16,17)/t10-,13?/m0/s1. The fourth-order valence-corrected chi connectivity index (χ4v) is 1.60. The van der Waals surface area contributed by atoms with Gasteiger partial charge in [0.1, 0.15) is 5.75 Å². The van der Waals surface area contributed by atoms with Gasteiger partial charge in [0.2, 0.25) is 5.91 Å². The van der Waals surface area contributed by atoms with Crippen LogP contribution in [0.15, 0.2) is 36.9 Å². The molecule has 0 radical (unpaired) electrons. The van der Waals surface area contributed by atoms with Crippen LogP contribution >= 0.6 is 0 Å². The zero-order chi connectivity index (χ0) is 13.5. The van der Waals surface area contributed by atoms with Crippen LogP contribution in [-0.4, -0.2) is 19.1 Å². The van der Waals surface area contributed by atoms with Crippen molar-refractivity contribution in [1.29, 1.82) is 0 Å². The van der Waals surface area contributed by atoms with Gasteiger partial charge in [0, 0.05) is 0 Å². The Morgan fingerprint density at radius 2 is 2.33 bits per heavy atom. The molecule has 0 saturated carbocycles. The van der Waals surface area contributed by atoms with Crippen molar-refractivity contribution in [3.05, 3.63) is 42.5 Å². The minimum atomic E-state index is -0.546. The summed E-state index contributed by atoms with van der Waals surface area (Å²) in [4.78, 5) is 11.8. The molecule has 0 heterocycles. The molecule has 0 aliphatic carbocycles. The Morgan fingerprint density at radius 1 is 1.61 bits per heavy atom. The first-order valence-corrected chi connectivity index (χ1v) is 5.89. The molecule has 98 valence electrons. The molecule has 1 rings (SSSR count). The summed E-state index contributed by atoms with van der Waals surface area (Å²) in [6.07, 6.45) is 2.11. The zero-order valence-corrected chi connectivity index (χ0v) is 10.8. The van der Waals surface area contributed by atoms with Gasteiger partial charge in [0.15, 0.2) is 0 Å². The minimum absolute atomic E-state index is 0.108. The van der Waals surface area contributed by atoms with Gasteiger partial charge in [-0.1, -0.05) is 18.2 Å². The summed E-state index contributed by atoms with van der Waals surface area (Å²) >= 11 is 0. The van der Waals surface area contributed by atoms with Gasteiger partial charge in [-0.3, -0.25) is 4.79 Å². The second kappa shape index (κ2) is 6.81. The molecular formula is C14H20N2O2. The van der Waals surface area contributed by atoms with Crippen LogP contribution in [0.2, 0.25) is 0 Å². The average Bonchev–Trinajstić information content (AvgIpc) is 2.39. The molecule has 0 aliphatic heterocycles. The van der Waals surface area contributed by atoms with Crippen molar-refractivity contribution < 1.29 is 9.53 Å². The number of rotatable bonds is 6. The van der Waals surface area contributed by atoms with E-state index in [0.717, 1.165) is 11.3 Å². The second-order valence-corrected chi connectivity index (χ2v) is 4.14. The molecule has 3 N–H and O–H groups in total. The van der Waals surface area contributed by atoms with E-state index in [1.807, 2.05) is 31.2 Å². The molecule has 4 heteroatoms. The van der Waals surface area contributed by atoms with Gasteiger partial charge in [0.25, 0.3) is 0 Å². The Morgan fingerprint density at radius 3 is 2.94 bits per heavy atom. The number of nitrogens with one attached hydrogen (secondary N) is 1. The van der Waals surface area contributed by atoms with Gasteiger partial charge in [0.05, 0.1) is 19.2 Å². The first-order chi connectivity index (χ1) is 8.58. The van der Waals surface area contributed by atoms with E-state index in [9.17, 15) is 4.79 Å². The van der Waals surface area contributed by atoms with E-state index < -0.39 is 6.04 Å². The normalized spacial score (nSPS) is 13.5. The molecule has 2 atom stereocenters. The van der Waals surface area contributed by atoms with Crippen LogP contribution in [0.4, 0.5) is 0 Å². The predicted octanol–water partition coefficient (Wildman–Crippen LogP) is 1.78. The van der Waals surface area contributed by atoms with E-state index in [2.05, 4.69) is 11.9 Å². The summed E-state index contributed by atoms with van der Waals surface area (Å²) in [7, 11) is 1.61. The van der Waals surface area contributed by atoms with Gasteiger partial charge in [-0.25, -0.2) is 0 Å². The van der Waals surface area contributed by atoms with E-state index in [4.69, 9.17) is 10.5 Å². The lowest BCUT2D eigenvalue weighted by Crippen LogP contribution is -2.41. The number of methoxy groups -OCH3 is 1. The SMILES string of the molecule is C=CCC(N)C(=O)N[C@@H](C)c1cccc(OC)c1. The third kappa shape index (κ3) is 3.89. The zero-order valence-electron chi connectivity index (χ0n) is 10.8.